The van der Waals surface area contributed by atoms with Gasteiger partial charge in [-0.3, -0.25) is 24.8 Å². The largest absolute Gasteiger partial charge is 0.337 e. The summed E-state index contributed by atoms with van der Waals surface area (Å²) in [5.74, 6) is 0. The Morgan fingerprint density at radius 2 is 1.82 bits per heavy atom. The Labute approximate surface area is 194 Å². The maximum absolute atomic E-state index is 13.3. The molecule has 4 aromatic rings. The van der Waals surface area contributed by atoms with Gasteiger partial charge >= 0.3 is 0 Å². The lowest BCUT2D eigenvalue weighted by molar-refractivity contribution is -0.384. The standard InChI is InChI=1S/C22H17N5O4S2/c1-12-17(19(28)26(23-12)13-7-6-8-14(11-13)27(30)31)21-25(3)20(29)18(33-21)22-24(2)15-9-4-5-10-16(15)32-22/h4-11,23H,1H2,2-3H3. The fourth-order valence-electron chi connectivity index (χ4n) is 3.74. The van der Waals surface area contributed by atoms with E-state index in [1.807, 2.05) is 36.2 Å². The van der Waals surface area contributed by atoms with E-state index in [-0.39, 0.29) is 16.5 Å². The predicted octanol–water partition coefficient (Wildman–Crippen LogP) is 1.84. The third kappa shape index (κ3) is 3.24. The number of benzene rings is 2. The quantitative estimate of drug-likeness (QED) is 0.347. The number of non-ortho nitro benzene ring substituents is 1. The Bertz CT molecular complexity index is 1780. The molecule has 0 saturated carbocycles. The monoisotopic (exact) mass is 479 g/mol. The van der Waals surface area contributed by atoms with Crippen molar-refractivity contribution < 1.29 is 4.92 Å². The van der Waals surface area contributed by atoms with Gasteiger partial charge in [-0.25, -0.2) is 4.68 Å². The van der Waals surface area contributed by atoms with E-state index < -0.39 is 10.5 Å². The van der Waals surface area contributed by atoms with E-state index in [4.69, 9.17) is 0 Å². The molecule has 0 unspecified atom stereocenters. The van der Waals surface area contributed by atoms with Gasteiger partial charge in [0, 0.05) is 31.1 Å². The molecule has 33 heavy (non-hydrogen) atoms. The van der Waals surface area contributed by atoms with Crippen LogP contribution in [0, 0.1) is 20.0 Å². The number of thioether (sulfide) groups is 1. The number of hydrogen-bond donors (Lipinski definition) is 1. The summed E-state index contributed by atoms with van der Waals surface area (Å²) in [6.07, 6.45) is 0. The summed E-state index contributed by atoms with van der Waals surface area (Å²) in [5.41, 5.74) is 0.540. The fourth-order valence-corrected chi connectivity index (χ4v) is 6.24. The molecular formula is C22H17N5O4S2. The first-order valence-electron chi connectivity index (χ1n) is 9.78. The first-order chi connectivity index (χ1) is 15.8. The van der Waals surface area contributed by atoms with Gasteiger partial charge in [0.25, 0.3) is 16.8 Å². The molecule has 0 bridgehead atoms. The van der Waals surface area contributed by atoms with E-state index in [1.54, 1.807) is 13.1 Å². The zero-order valence-electron chi connectivity index (χ0n) is 17.6. The van der Waals surface area contributed by atoms with Crippen molar-refractivity contribution in [2.24, 2.45) is 7.05 Å². The van der Waals surface area contributed by atoms with Crippen LogP contribution in [-0.4, -0.2) is 26.3 Å². The zero-order valence-corrected chi connectivity index (χ0v) is 19.2. The van der Waals surface area contributed by atoms with Crippen LogP contribution in [0.2, 0.25) is 0 Å². The number of aromatic nitrogens is 3. The lowest BCUT2D eigenvalue weighted by Crippen LogP contribution is -2.30. The number of fused-ring (bicyclic) bond motifs is 1. The fraction of sp³-hybridized carbons (Fsp3) is 0.0909. The summed E-state index contributed by atoms with van der Waals surface area (Å²) in [6, 6.07) is 13.6. The second-order valence-corrected chi connectivity index (χ2v) is 9.45. The SMILES string of the molecule is C=c1[nH]n(-c2cccc([N+](=O)[O-])c2)c(=O)c1=c1sc(=C2Sc3ccccc3N2C)c(=O)n1C. The minimum absolute atomic E-state index is 0.135. The van der Waals surface area contributed by atoms with Crippen LogP contribution in [0.5, 0.6) is 0 Å². The number of rotatable bonds is 2. The van der Waals surface area contributed by atoms with Gasteiger partial charge in [0.15, 0.2) is 0 Å². The number of nitro benzene ring substituents is 1. The molecule has 0 radical (unpaired) electrons. The van der Waals surface area contributed by atoms with Gasteiger partial charge in [-0.15, -0.1) is 11.3 Å². The summed E-state index contributed by atoms with van der Waals surface area (Å²) >= 11 is 2.74. The van der Waals surface area contributed by atoms with Gasteiger partial charge < -0.3 is 9.47 Å². The van der Waals surface area contributed by atoms with E-state index in [9.17, 15) is 19.7 Å². The molecule has 0 fully saturated rings. The predicted molar refractivity (Wildman–Crippen MR) is 129 cm³/mol. The molecule has 0 aliphatic carbocycles. The molecule has 166 valence electrons. The van der Waals surface area contributed by atoms with Gasteiger partial charge in [-0.2, -0.15) is 0 Å². The third-order valence-corrected chi connectivity index (χ3v) is 8.02. The van der Waals surface area contributed by atoms with Crippen LogP contribution in [-0.2, 0) is 7.05 Å². The number of para-hydroxylation sites is 1. The average molecular weight is 480 g/mol. The van der Waals surface area contributed by atoms with Crippen LogP contribution in [0.1, 0.15) is 0 Å². The van der Waals surface area contributed by atoms with Crippen molar-refractivity contribution in [2.45, 2.75) is 4.90 Å². The van der Waals surface area contributed by atoms with Crippen molar-refractivity contribution in [3.63, 3.8) is 0 Å². The number of thiazole rings is 1. The van der Waals surface area contributed by atoms with Crippen molar-refractivity contribution in [2.75, 3.05) is 11.9 Å². The molecule has 0 spiro atoms. The van der Waals surface area contributed by atoms with Crippen molar-refractivity contribution in [1.82, 2.24) is 14.3 Å². The molecule has 0 atom stereocenters. The molecule has 3 heterocycles. The number of hydrogen-bond acceptors (Lipinski definition) is 7. The number of anilines is 1. The lowest BCUT2D eigenvalue weighted by Gasteiger charge is -2.11. The molecule has 1 aliphatic heterocycles. The maximum Gasteiger partial charge on any atom is 0.282 e. The Morgan fingerprint density at radius 1 is 1.06 bits per heavy atom. The normalized spacial score (nSPS) is 15.6. The molecular weight excluding hydrogens is 462 g/mol. The van der Waals surface area contributed by atoms with Crippen molar-refractivity contribution in [3.8, 4) is 5.69 Å². The highest BCUT2D eigenvalue weighted by Crippen LogP contribution is 2.44. The molecule has 5 rings (SSSR count). The number of aromatic amines is 1. The molecule has 1 N–H and O–H groups in total. The molecule has 0 saturated heterocycles. The summed E-state index contributed by atoms with van der Waals surface area (Å²) in [4.78, 5) is 40.1. The summed E-state index contributed by atoms with van der Waals surface area (Å²) in [5, 5.41) is 15.4. The Kier molecular flexibility index (Phi) is 4.87. The molecule has 2 aromatic heterocycles. The smallest absolute Gasteiger partial charge is 0.282 e. The Balaban J connectivity index is 1.80. The van der Waals surface area contributed by atoms with Gasteiger partial charge in [0.05, 0.1) is 21.6 Å². The number of H-pyrrole nitrogens is 1. The van der Waals surface area contributed by atoms with Crippen LogP contribution < -0.4 is 25.9 Å². The van der Waals surface area contributed by atoms with Gasteiger partial charge in [-0.1, -0.05) is 36.5 Å². The van der Waals surface area contributed by atoms with Crippen molar-refractivity contribution in [1.29, 1.82) is 0 Å². The summed E-state index contributed by atoms with van der Waals surface area (Å²) in [6.45, 7) is 3.94. The Hall–Kier alpha value is -3.83. The number of nitrogens with one attached hydrogen (secondary N) is 1. The highest BCUT2D eigenvalue weighted by Gasteiger charge is 2.24. The first-order valence-corrected chi connectivity index (χ1v) is 11.4. The van der Waals surface area contributed by atoms with Gasteiger partial charge in [0.2, 0.25) is 0 Å². The van der Waals surface area contributed by atoms with Gasteiger partial charge in [-0.05, 0) is 18.2 Å². The highest BCUT2D eigenvalue weighted by atomic mass is 32.2. The molecule has 0 amide bonds. The maximum atomic E-state index is 13.3. The van der Waals surface area contributed by atoms with Crippen LogP contribution in [0.15, 0.2) is 63.0 Å². The van der Waals surface area contributed by atoms with Crippen LogP contribution in [0.25, 0.3) is 17.3 Å². The van der Waals surface area contributed by atoms with Gasteiger partial charge in [0.1, 0.15) is 19.4 Å². The minimum Gasteiger partial charge on any atom is -0.337 e. The van der Waals surface area contributed by atoms with Crippen molar-refractivity contribution in [3.05, 3.63) is 99.1 Å². The number of nitrogens with zero attached hydrogens (tertiary/aromatic N) is 4. The zero-order chi connectivity index (χ0) is 23.4. The topological polar surface area (TPSA) is 106 Å². The number of nitro groups is 1. The van der Waals surface area contributed by atoms with E-state index in [1.165, 1.54) is 50.5 Å². The minimum atomic E-state index is -0.524. The second-order valence-electron chi connectivity index (χ2n) is 7.42. The van der Waals surface area contributed by atoms with E-state index in [0.717, 1.165) is 15.6 Å². The highest BCUT2D eigenvalue weighted by molar-refractivity contribution is 8.08. The Morgan fingerprint density at radius 3 is 2.55 bits per heavy atom. The van der Waals surface area contributed by atoms with Crippen molar-refractivity contribution >= 4 is 46.1 Å². The van der Waals surface area contributed by atoms with E-state index >= 15 is 0 Å². The molecule has 9 nitrogen and oxygen atoms in total. The molecule has 1 aliphatic rings. The first kappa shape index (κ1) is 21.0. The molecule has 11 heteroatoms. The lowest BCUT2D eigenvalue weighted by atomic mass is 10.3. The summed E-state index contributed by atoms with van der Waals surface area (Å²) in [7, 11) is 3.53. The van der Waals surface area contributed by atoms with Crippen LogP contribution in [0.4, 0.5) is 11.4 Å². The average Bonchev–Trinajstić information content (AvgIpc) is 3.40. The second kappa shape index (κ2) is 7.64. The molecule has 2 aromatic carbocycles. The summed E-state index contributed by atoms with van der Waals surface area (Å²) < 4.78 is 3.64. The van der Waals surface area contributed by atoms with Crippen LogP contribution in [0.3, 0.4) is 0 Å². The third-order valence-electron chi connectivity index (χ3n) is 5.41. The van der Waals surface area contributed by atoms with E-state index in [0.29, 0.717) is 20.2 Å². The van der Waals surface area contributed by atoms with Crippen LogP contribution >= 0.6 is 23.1 Å². The van der Waals surface area contributed by atoms with E-state index in [2.05, 4.69) is 11.7 Å².